The molecule has 5 nitrogen and oxygen atoms in total. The van der Waals surface area contributed by atoms with Crippen molar-refractivity contribution in [3.63, 3.8) is 0 Å². The van der Waals surface area contributed by atoms with E-state index in [2.05, 4.69) is 10.5 Å². The Morgan fingerprint density at radius 3 is 2.43 bits per heavy atom. The highest BCUT2D eigenvalue weighted by Crippen LogP contribution is 2.34. The Morgan fingerprint density at radius 1 is 1.14 bits per heavy atom. The fourth-order valence-corrected chi connectivity index (χ4v) is 3.04. The van der Waals surface area contributed by atoms with Crippen LogP contribution in [0.2, 0.25) is 15.1 Å². The predicted molar refractivity (Wildman–Crippen MR) is 114 cm³/mol. The lowest BCUT2D eigenvalue weighted by Crippen LogP contribution is -2.20. The van der Waals surface area contributed by atoms with Gasteiger partial charge in [-0.15, -0.1) is 0 Å². The van der Waals surface area contributed by atoms with Gasteiger partial charge in [0.05, 0.1) is 36.4 Å². The van der Waals surface area contributed by atoms with Crippen molar-refractivity contribution < 1.29 is 14.3 Å². The first-order valence-corrected chi connectivity index (χ1v) is 9.69. The Balaban J connectivity index is 1.99. The summed E-state index contributed by atoms with van der Waals surface area (Å²) in [5.41, 5.74) is 3.73. The predicted octanol–water partition coefficient (Wildman–Crippen LogP) is 5.38. The second kappa shape index (κ2) is 10.6. The third-order valence-corrected chi connectivity index (χ3v) is 4.52. The van der Waals surface area contributed by atoms with Crippen molar-refractivity contribution in [3.05, 3.63) is 56.5 Å². The minimum Gasteiger partial charge on any atom is -0.497 e. The molecule has 0 aromatic heterocycles. The van der Waals surface area contributed by atoms with E-state index in [1.807, 2.05) is 13.8 Å². The third kappa shape index (κ3) is 6.59. The molecule has 2 rings (SSSR count). The molecule has 0 aliphatic rings. The van der Waals surface area contributed by atoms with Crippen LogP contribution in [0, 0.1) is 5.92 Å². The number of ether oxygens (including phenoxy) is 2. The number of amides is 1. The maximum atomic E-state index is 12.1. The van der Waals surface area contributed by atoms with Crippen molar-refractivity contribution in [2.45, 2.75) is 20.3 Å². The zero-order chi connectivity index (χ0) is 20.7. The van der Waals surface area contributed by atoms with Gasteiger partial charge in [0.15, 0.2) is 5.75 Å². The molecule has 0 aliphatic carbocycles. The van der Waals surface area contributed by atoms with Crippen molar-refractivity contribution in [2.24, 2.45) is 11.0 Å². The van der Waals surface area contributed by atoms with Crippen molar-refractivity contribution in [1.29, 1.82) is 0 Å². The number of carbonyl (C=O) groups excluding carboxylic acids is 1. The number of methoxy groups -OCH3 is 1. The minimum atomic E-state index is -0.319. The monoisotopic (exact) mass is 442 g/mol. The quantitative estimate of drug-likeness (QED) is 0.440. The molecule has 1 amide bonds. The summed E-state index contributed by atoms with van der Waals surface area (Å²) in [7, 11) is 1.55. The number of nitrogens with one attached hydrogen (secondary N) is 1. The fraction of sp³-hybridized carbons (Fsp3) is 0.300. The van der Waals surface area contributed by atoms with Gasteiger partial charge in [0.1, 0.15) is 5.75 Å². The first-order valence-electron chi connectivity index (χ1n) is 8.56. The van der Waals surface area contributed by atoms with Crippen LogP contribution in [0.5, 0.6) is 11.5 Å². The maximum Gasteiger partial charge on any atom is 0.244 e. The summed E-state index contributed by atoms with van der Waals surface area (Å²) in [4.78, 5) is 12.1. The summed E-state index contributed by atoms with van der Waals surface area (Å²) in [6.45, 7) is 4.57. The van der Waals surface area contributed by atoms with Crippen LogP contribution in [-0.2, 0) is 11.2 Å². The first kappa shape index (κ1) is 22.3. The molecule has 28 heavy (non-hydrogen) atoms. The van der Waals surface area contributed by atoms with E-state index in [1.165, 1.54) is 6.21 Å². The maximum absolute atomic E-state index is 12.1. The van der Waals surface area contributed by atoms with E-state index in [0.29, 0.717) is 50.2 Å². The van der Waals surface area contributed by atoms with E-state index in [0.717, 1.165) is 0 Å². The van der Waals surface area contributed by atoms with E-state index in [-0.39, 0.29) is 12.3 Å². The second-order valence-electron chi connectivity index (χ2n) is 6.45. The number of nitrogens with zero attached hydrogens (tertiary/aromatic N) is 1. The summed E-state index contributed by atoms with van der Waals surface area (Å²) < 4.78 is 10.8. The van der Waals surface area contributed by atoms with Gasteiger partial charge in [-0.25, -0.2) is 5.43 Å². The SMILES string of the molecule is COc1ccc(Cl)c(CC(=O)N/N=C/c2cc(Cl)c(OCC(C)C)c(Cl)c2)c1. The zero-order valence-electron chi connectivity index (χ0n) is 15.8. The highest BCUT2D eigenvalue weighted by atomic mass is 35.5. The molecule has 0 saturated heterocycles. The fourth-order valence-electron chi connectivity index (χ4n) is 2.25. The van der Waals surface area contributed by atoms with Gasteiger partial charge in [0.25, 0.3) is 0 Å². The Hall–Kier alpha value is -1.95. The van der Waals surface area contributed by atoms with Crippen molar-refractivity contribution >= 4 is 46.9 Å². The molecule has 2 aromatic rings. The van der Waals surface area contributed by atoms with Gasteiger partial charge in [0.2, 0.25) is 5.91 Å². The normalized spacial score (nSPS) is 11.1. The standard InChI is InChI=1S/C20H21Cl3N2O3/c1-12(2)11-28-20-17(22)6-13(7-18(20)23)10-24-25-19(26)9-14-8-15(27-3)4-5-16(14)21/h4-8,10,12H,9,11H2,1-3H3,(H,25,26)/b24-10+. The Morgan fingerprint density at radius 2 is 1.82 bits per heavy atom. The Bertz CT molecular complexity index is 847. The summed E-state index contributed by atoms with van der Waals surface area (Å²) in [5.74, 6) is 1.09. The molecule has 0 spiro atoms. The molecule has 0 unspecified atom stereocenters. The summed E-state index contributed by atoms with van der Waals surface area (Å²) in [6.07, 6.45) is 1.52. The molecule has 150 valence electrons. The third-order valence-electron chi connectivity index (χ3n) is 3.59. The van der Waals surface area contributed by atoms with Gasteiger partial charge in [0, 0.05) is 5.02 Å². The van der Waals surface area contributed by atoms with Gasteiger partial charge < -0.3 is 9.47 Å². The zero-order valence-corrected chi connectivity index (χ0v) is 18.0. The summed E-state index contributed by atoms with van der Waals surface area (Å²) in [5, 5.41) is 5.18. The van der Waals surface area contributed by atoms with E-state index < -0.39 is 0 Å². The second-order valence-corrected chi connectivity index (χ2v) is 7.67. The van der Waals surface area contributed by atoms with E-state index in [1.54, 1.807) is 37.4 Å². The van der Waals surface area contributed by atoms with Crippen molar-refractivity contribution in [1.82, 2.24) is 5.43 Å². The minimum absolute atomic E-state index is 0.0663. The number of rotatable bonds is 8. The van der Waals surface area contributed by atoms with Crippen LogP contribution >= 0.6 is 34.8 Å². The molecular weight excluding hydrogens is 423 g/mol. The molecule has 0 aliphatic heterocycles. The lowest BCUT2D eigenvalue weighted by Gasteiger charge is -2.12. The molecule has 2 aromatic carbocycles. The number of hydrogen-bond donors (Lipinski definition) is 1. The molecule has 0 fully saturated rings. The van der Waals surface area contributed by atoms with Crippen LogP contribution in [-0.4, -0.2) is 25.8 Å². The van der Waals surface area contributed by atoms with Crippen LogP contribution in [0.15, 0.2) is 35.4 Å². The van der Waals surface area contributed by atoms with Gasteiger partial charge >= 0.3 is 0 Å². The van der Waals surface area contributed by atoms with E-state index >= 15 is 0 Å². The number of hydrazone groups is 1. The topological polar surface area (TPSA) is 59.9 Å². The summed E-state index contributed by atoms with van der Waals surface area (Å²) in [6, 6.07) is 8.44. The molecule has 0 radical (unpaired) electrons. The largest absolute Gasteiger partial charge is 0.497 e. The van der Waals surface area contributed by atoms with E-state index in [9.17, 15) is 4.79 Å². The highest BCUT2D eigenvalue weighted by Gasteiger charge is 2.11. The molecule has 8 heteroatoms. The number of carbonyl (C=O) groups is 1. The van der Waals surface area contributed by atoms with Gasteiger partial charge in [-0.1, -0.05) is 48.7 Å². The van der Waals surface area contributed by atoms with Crippen LogP contribution in [0.1, 0.15) is 25.0 Å². The van der Waals surface area contributed by atoms with Crippen molar-refractivity contribution in [3.8, 4) is 11.5 Å². The average molecular weight is 444 g/mol. The molecule has 0 atom stereocenters. The Kier molecular flexibility index (Phi) is 8.42. The van der Waals surface area contributed by atoms with Crippen LogP contribution in [0.25, 0.3) is 0 Å². The number of halogens is 3. The van der Waals surface area contributed by atoms with Gasteiger partial charge in [-0.3, -0.25) is 4.79 Å². The summed E-state index contributed by atoms with van der Waals surface area (Å²) >= 11 is 18.6. The molecule has 0 bridgehead atoms. The average Bonchev–Trinajstić information content (AvgIpc) is 2.62. The highest BCUT2D eigenvalue weighted by molar-refractivity contribution is 6.37. The lowest BCUT2D eigenvalue weighted by molar-refractivity contribution is -0.120. The molecular formula is C20H21Cl3N2O3. The van der Waals surface area contributed by atoms with Crippen LogP contribution in [0.3, 0.4) is 0 Å². The molecule has 0 saturated carbocycles. The van der Waals surface area contributed by atoms with Crippen LogP contribution in [0.4, 0.5) is 0 Å². The van der Waals surface area contributed by atoms with Gasteiger partial charge in [-0.05, 0) is 47.4 Å². The van der Waals surface area contributed by atoms with E-state index in [4.69, 9.17) is 44.3 Å². The Labute approximate surface area is 179 Å². The number of benzene rings is 2. The molecule has 0 heterocycles. The smallest absolute Gasteiger partial charge is 0.244 e. The van der Waals surface area contributed by atoms with Crippen molar-refractivity contribution in [2.75, 3.05) is 13.7 Å². The number of hydrogen-bond acceptors (Lipinski definition) is 4. The van der Waals surface area contributed by atoms with Gasteiger partial charge in [-0.2, -0.15) is 5.10 Å². The van der Waals surface area contributed by atoms with Crippen LogP contribution < -0.4 is 14.9 Å². The molecule has 1 N–H and O–H groups in total. The first-order chi connectivity index (χ1) is 13.3. The lowest BCUT2D eigenvalue weighted by atomic mass is 10.1.